The number of nitrogens with zero attached hydrogens (tertiary/aromatic N) is 2. The third-order valence-corrected chi connectivity index (χ3v) is 4.11. The van der Waals surface area contributed by atoms with Gasteiger partial charge >= 0.3 is 0 Å². The van der Waals surface area contributed by atoms with E-state index in [2.05, 4.69) is 9.82 Å². The van der Waals surface area contributed by atoms with Gasteiger partial charge in [0.1, 0.15) is 17.3 Å². The maximum Gasteiger partial charge on any atom is 0.279 e. The molecule has 0 bridgehead atoms. The number of nitrogens with two attached hydrogens (primary N) is 1. The molecule has 1 aromatic carbocycles. The van der Waals surface area contributed by atoms with Crippen molar-refractivity contribution in [3.63, 3.8) is 0 Å². The normalized spacial score (nSPS) is 11.1. The largest absolute Gasteiger partial charge is 0.487 e. The summed E-state index contributed by atoms with van der Waals surface area (Å²) >= 11 is 4.70. The molecular formula is C12H14N4O3S2. The fraction of sp³-hybridized carbons (Fsp3) is 0.167. The predicted octanol–water partition coefficient (Wildman–Crippen LogP) is 0.886. The van der Waals surface area contributed by atoms with Gasteiger partial charge in [0.2, 0.25) is 0 Å². The highest BCUT2D eigenvalue weighted by molar-refractivity contribution is 7.92. The Bertz CT molecular complexity index is 738. The van der Waals surface area contributed by atoms with Crippen molar-refractivity contribution in [1.29, 1.82) is 0 Å². The molecule has 21 heavy (non-hydrogen) atoms. The number of rotatable bonds is 6. The monoisotopic (exact) mass is 326 g/mol. The van der Waals surface area contributed by atoms with Gasteiger partial charge in [0.25, 0.3) is 10.0 Å². The fourth-order valence-electron chi connectivity index (χ4n) is 1.61. The zero-order valence-electron chi connectivity index (χ0n) is 11.2. The molecule has 2 aromatic rings. The van der Waals surface area contributed by atoms with E-state index in [1.165, 1.54) is 16.9 Å². The number of anilines is 1. The average molecular weight is 326 g/mol. The summed E-state index contributed by atoms with van der Waals surface area (Å²) in [7, 11) is -2.11. The summed E-state index contributed by atoms with van der Waals surface area (Å²) in [6.45, 7) is 0.134. The van der Waals surface area contributed by atoms with Gasteiger partial charge in [-0.05, 0) is 30.3 Å². The molecule has 0 saturated carbocycles. The highest BCUT2D eigenvalue weighted by Gasteiger charge is 2.17. The molecule has 0 amide bonds. The quantitative estimate of drug-likeness (QED) is 0.765. The minimum Gasteiger partial charge on any atom is -0.487 e. The number of benzene rings is 1. The molecule has 112 valence electrons. The number of hydrogen-bond acceptors (Lipinski definition) is 5. The molecule has 0 spiro atoms. The highest BCUT2D eigenvalue weighted by atomic mass is 32.2. The number of aromatic nitrogens is 2. The summed E-state index contributed by atoms with van der Waals surface area (Å²) in [5.41, 5.74) is 5.74. The van der Waals surface area contributed by atoms with Crippen LogP contribution in [0.3, 0.4) is 0 Å². The summed E-state index contributed by atoms with van der Waals surface area (Å²) in [4.78, 5) is 0.246. The van der Waals surface area contributed by atoms with Crippen molar-refractivity contribution in [1.82, 2.24) is 9.78 Å². The number of nitrogens with one attached hydrogen (secondary N) is 1. The third kappa shape index (κ3) is 3.92. The number of sulfonamides is 1. The van der Waals surface area contributed by atoms with Crippen LogP contribution in [0.1, 0.15) is 0 Å². The molecule has 9 heteroatoms. The second-order valence-electron chi connectivity index (χ2n) is 4.18. The van der Waals surface area contributed by atoms with Crippen molar-refractivity contribution in [3.8, 4) is 5.75 Å². The van der Waals surface area contributed by atoms with Gasteiger partial charge in [0.15, 0.2) is 5.03 Å². The minimum absolute atomic E-state index is 0.0799. The van der Waals surface area contributed by atoms with E-state index in [1.807, 2.05) is 0 Å². The summed E-state index contributed by atoms with van der Waals surface area (Å²) in [5, 5.41) is 3.91. The lowest BCUT2D eigenvalue weighted by atomic mass is 10.3. The molecule has 0 unspecified atom stereocenters. The highest BCUT2D eigenvalue weighted by Crippen LogP contribution is 2.19. The summed E-state index contributed by atoms with van der Waals surface area (Å²) in [5.74, 6) is 0.547. The second kappa shape index (κ2) is 6.10. The first-order valence-corrected chi connectivity index (χ1v) is 7.79. The molecule has 0 aliphatic heterocycles. The van der Waals surface area contributed by atoms with Gasteiger partial charge in [0.05, 0.1) is 6.20 Å². The van der Waals surface area contributed by atoms with E-state index >= 15 is 0 Å². The zero-order valence-corrected chi connectivity index (χ0v) is 12.8. The Morgan fingerprint density at radius 1 is 1.38 bits per heavy atom. The van der Waals surface area contributed by atoms with Crippen LogP contribution in [0, 0.1) is 0 Å². The Morgan fingerprint density at radius 2 is 2.05 bits per heavy atom. The van der Waals surface area contributed by atoms with Gasteiger partial charge < -0.3 is 10.5 Å². The van der Waals surface area contributed by atoms with Crippen molar-refractivity contribution in [2.24, 2.45) is 12.8 Å². The molecule has 1 heterocycles. The Balaban J connectivity index is 2.10. The van der Waals surface area contributed by atoms with Gasteiger partial charge in [0, 0.05) is 12.7 Å². The smallest absolute Gasteiger partial charge is 0.279 e. The van der Waals surface area contributed by atoms with Crippen LogP contribution in [0.5, 0.6) is 5.75 Å². The standard InChI is InChI=1S/C12H14N4O3S2/c1-16-12(6-7-14-16)21(17,18)15-9-2-4-10(5-3-9)19-8-11(13)20/h2-7,15H,8H2,1H3,(H2,13,20). The molecule has 7 nitrogen and oxygen atoms in total. The molecule has 0 aliphatic rings. The van der Waals surface area contributed by atoms with Gasteiger partial charge in [-0.3, -0.25) is 9.40 Å². The second-order valence-corrected chi connectivity index (χ2v) is 6.33. The van der Waals surface area contributed by atoms with Crippen LogP contribution in [0.2, 0.25) is 0 Å². The molecule has 0 aliphatic carbocycles. The lowest BCUT2D eigenvalue weighted by Crippen LogP contribution is -2.18. The van der Waals surface area contributed by atoms with Crippen molar-refractivity contribution < 1.29 is 13.2 Å². The SMILES string of the molecule is Cn1nccc1S(=O)(=O)Nc1ccc(OCC(N)=S)cc1. The van der Waals surface area contributed by atoms with Crippen LogP contribution in [-0.2, 0) is 17.1 Å². The van der Waals surface area contributed by atoms with Gasteiger partial charge in [-0.1, -0.05) is 12.2 Å². The number of hydrogen-bond donors (Lipinski definition) is 2. The van der Waals surface area contributed by atoms with Crippen LogP contribution in [-0.4, -0.2) is 29.8 Å². The van der Waals surface area contributed by atoms with Crippen LogP contribution in [0.15, 0.2) is 41.6 Å². The van der Waals surface area contributed by atoms with E-state index < -0.39 is 10.0 Å². The number of aryl methyl sites for hydroxylation is 1. The van der Waals surface area contributed by atoms with E-state index in [1.54, 1.807) is 31.3 Å². The molecular weight excluding hydrogens is 312 g/mol. The molecule has 1 aromatic heterocycles. The summed E-state index contributed by atoms with van der Waals surface area (Å²) in [6, 6.07) is 7.84. The van der Waals surface area contributed by atoms with E-state index in [4.69, 9.17) is 22.7 Å². The predicted molar refractivity (Wildman–Crippen MR) is 82.7 cm³/mol. The minimum atomic E-state index is -3.67. The van der Waals surface area contributed by atoms with E-state index in [9.17, 15) is 8.42 Å². The van der Waals surface area contributed by atoms with Crippen molar-refractivity contribution >= 4 is 32.9 Å². The molecule has 0 radical (unpaired) electrons. The Morgan fingerprint density at radius 3 is 2.57 bits per heavy atom. The Hall–Kier alpha value is -2.13. The van der Waals surface area contributed by atoms with Gasteiger partial charge in [-0.2, -0.15) is 13.5 Å². The first-order chi connectivity index (χ1) is 9.88. The maximum absolute atomic E-state index is 12.1. The summed E-state index contributed by atoms with van der Waals surface area (Å²) in [6.07, 6.45) is 1.42. The molecule has 3 N–H and O–H groups in total. The summed E-state index contributed by atoms with van der Waals surface area (Å²) < 4.78 is 33.3. The molecule has 0 fully saturated rings. The zero-order chi connectivity index (χ0) is 15.5. The topological polar surface area (TPSA) is 99.2 Å². The van der Waals surface area contributed by atoms with Gasteiger partial charge in [-0.25, -0.2) is 0 Å². The Kier molecular flexibility index (Phi) is 4.43. The average Bonchev–Trinajstić information content (AvgIpc) is 2.84. The lowest BCUT2D eigenvalue weighted by molar-refractivity contribution is 0.377. The first kappa shape index (κ1) is 15.3. The number of thiocarbonyl (C=S) groups is 1. The fourth-order valence-corrected chi connectivity index (χ4v) is 2.85. The molecule has 0 atom stereocenters. The Labute approximate surface area is 127 Å². The van der Waals surface area contributed by atoms with Crippen molar-refractivity contribution in [2.75, 3.05) is 11.3 Å². The van der Waals surface area contributed by atoms with Crippen molar-refractivity contribution in [2.45, 2.75) is 5.03 Å². The van der Waals surface area contributed by atoms with Gasteiger partial charge in [-0.15, -0.1) is 0 Å². The first-order valence-electron chi connectivity index (χ1n) is 5.90. The van der Waals surface area contributed by atoms with Crippen LogP contribution in [0.4, 0.5) is 5.69 Å². The van der Waals surface area contributed by atoms with E-state index in [-0.39, 0.29) is 16.6 Å². The van der Waals surface area contributed by atoms with Crippen LogP contribution in [0.25, 0.3) is 0 Å². The number of ether oxygens (including phenoxy) is 1. The molecule has 0 saturated heterocycles. The lowest BCUT2D eigenvalue weighted by Gasteiger charge is -2.09. The molecule has 2 rings (SSSR count). The van der Waals surface area contributed by atoms with Crippen LogP contribution < -0.4 is 15.2 Å². The maximum atomic E-state index is 12.1. The van der Waals surface area contributed by atoms with E-state index in [0.29, 0.717) is 11.4 Å². The third-order valence-electron chi connectivity index (χ3n) is 2.54. The van der Waals surface area contributed by atoms with E-state index in [0.717, 1.165) is 0 Å². The van der Waals surface area contributed by atoms with Crippen molar-refractivity contribution in [3.05, 3.63) is 36.5 Å². The van der Waals surface area contributed by atoms with Crippen LogP contribution >= 0.6 is 12.2 Å².